The van der Waals surface area contributed by atoms with E-state index in [9.17, 15) is 4.39 Å². The van der Waals surface area contributed by atoms with Crippen LogP contribution in [0.15, 0.2) is 24.3 Å². The van der Waals surface area contributed by atoms with Crippen LogP contribution in [-0.4, -0.2) is 6.67 Å². The van der Waals surface area contributed by atoms with E-state index < -0.39 is 0 Å². The lowest BCUT2D eigenvalue weighted by Gasteiger charge is -2.04. The lowest BCUT2D eigenvalue weighted by molar-refractivity contribution is 0.399. The normalized spacial score (nSPS) is 21.7. The molecule has 1 aliphatic heterocycles. The maximum Gasteiger partial charge on any atom is 0.109 e. The van der Waals surface area contributed by atoms with Crippen molar-refractivity contribution in [1.29, 1.82) is 0 Å². The lowest BCUT2D eigenvalue weighted by Crippen LogP contribution is -2.13. The van der Waals surface area contributed by atoms with Gasteiger partial charge in [-0.15, -0.1) is 0 Å². The van der Waals surface area contributed by atoms with Gasteiger partial charge >= 0.3 is 0 Å². The van der Waals surface area contributed by atoms with Gasteiger partial charge < -0.3 is 5.32 Å². The first-order chi connectivity index (χ1) is 5.42. The first kappa shape index (κ1) is 6.80. The number of hydrogen-bond donors (Lipinski definition) is 1. The van der Waals surface area contributed by atoms with Gasteiger partial charge in [-0.2, -0.15) is 0 Å². The van der Waals surface area contributed by atoms with Crippen LogP contribution in [0.25, 0.3) is 0 Å². The molecule has 1 atom stereocenters. The molecule has 1 unspecified atom stereocenters. The van der Waals surface area contributed by atoms with Crippen LogP contribution in [0.2, 0.25) is 0 Å². The average Bonchev–Trinajstić information content (AvgIpc) is 2.47. The minimum absolute atomic E-state index is 0.0637. The van der Waals surface area contributed by atoms with Crippen molar-refractivity contribution in [2.24, 2.45) is 0 Å². The Morgan fingerprint density at radius 1 is 1.45 bits per heavy atom. The molecule has 0 saturated heterocycles. The molecule has 58 valence electrons. The van der Waals surface area contributed by atoms with E-state index in [0.717, 1.165) is 12.1 Å². The molecule has 1 aromatic carbocycles. The van der Waals surface area contributed by atoms with E-state index >= 15 is 0 Å². The largest absolute Gasteiger partial charge is 0.304 e. The topological polar surface area (TPSA) is 12.0 Å². The second-order valence-electron chi connectivity index (χ2n) is 2.79. The number of halogens is 1. The molecule has 0 spiro atoms. The molecule has 11 heavy (non-hydrogen) atoms. The molecule has 0 aromatic heterocycles. The van der Waals surface area contributed by atoms with Crippen molar-refractivity contribution in [2.45, 2.75) is 12.6 Å². The fourth-order valence-electron chi connectivity index (χ4n) is 1.52. The standard InChI is InChI=1S/C9H10FN/c10-5-9-8-4-2-1-3-7(8)6-11-9/h1-4,9,11H,5-6H2. The zero-order valence-corrected chi connectivity index (χ0v) is 6.18. The van der Waals surface area contributed by atoms with Gasteiger partial charge in [0, 0.05) is 6.54 Å². The van der Waals surface area contributed by atoms with Gasteiger partial charge in [0.25, 0.3) is 0 Å². The fourth-order valence-corrected chi connectivity index (χ4v) is 1.52. The number of hydrogen-bond acceptors (Lipinski definition) is 1. The maximum atomic E-state index is 12.3. The summed E-state index contributed by atoms with van der Waals surface area (Å²) in [5.74, 6) is 0. The smallest absolute Gasteiger partial charge is 0.109 e. The van der Waals surface area contributed by atoms with Crippen LogP contribution in [0, 0.1) is 0 Å². The van der Waals surface area contributed by atoms with Crippen LogP contribution < -0.4 is 5.32 Å². The Balaban J connectivity index is 2.39. The average molecular weight is 151 g/mol. The van der Waals surface area contributed by atoms with Gasteiger partial charge in [-0.1, -0.05) is 24.3 Å². The van der Waals surface area contributed by atoms with Crippen LogP contribution >= 0.6 is 0 Å². The Hall–Kier alpha value is -0.890. The quantitative estimate of drug-likeness (QED) is 0.645. The molecule has 0 radical (unpaired) electrons. The molecule has 1 N–H and O–H groups in total. The number of fused-ring (bicyclic) bond motifs is 1. The van der Waals surface area contributed by atoms with Crippen LogP contribution in [0.3, 0.4) is 0 Å². The van der Waals surface area contributed by atoms with Gasteiger partial charge in [-0.05, 0) is 11.1 Å². The molecule has 1 aliphatic rings. The van der Waals surface area contributed by atoms with Crippen molar-refractivity contribution < 1.29 is 4.39 Å². The van der Waals surface area contributed by atoms with Crippen molar-refractivity contribution in [2.75, 3.05) is 6.67 Å². The highest BCUT2D eigenvalue weighted by Crippen LogP contribution is 2.24. The van der Waals surface area contributed by atoms with E-state index in [2.05, 4.69) is 5.32 Å². The summed E-state index contributed by atoms with van der Waals surface area (Å²) in [6, 6.07) is 7.90. The van der Waals surface area contributed by atoms with Crippen molar-refractivity contribution >= 4 is 0 Å². The summed E-state index contributed by atoms with van der Waals surface area (Å²) >= 11 is 0. The molecule has 0 bridgehead atoms. The summed E-state index contributed by atoms with van der Waals surface area (Å²) in [5.41, 5.74) is 2.35. The van der Waals surface area contributed by atoms with E-state index in [1.165, 1.54) is 5.56 Å². The predicted molar refractivity (Wildman–Crippen MR) is 42.0 cm³/mol. The van der Waals surface area contributed by atoms with E-state index in [1.807, 2.05) is 24.3 Å². The van der Waals surface area contributed by atoms with Gasteiger partial charge in [0.2, 0.25) is 0 Å². The molecule has 1 aromatic rings. The minimum atomic E-state index is -0.309. The van der Waals surface area contributed by atoms with Gasteiger partial charge in [0.05, 0.1) is 6.04 Å². The van der Waals surface area contributed by atoms with Gasteiger partial charge in [-0.25, -0.2) is 4.39 Å². The zero-order valence-electron chi connectivity index (χ0n) is 6.18. The third-order valence-corrected chi connectivity index (χ3v) is 2.12. The number of rotatable bonds is 1. The highest BCUT2D eigenvalue weighted by molar-refractivity contribution is 5.33. The summed E-state index contributed by atoms with van der Waals surface area (Å²) < 4.78 is 12.3. The molecule has 1 nitrogen and oxygen atoms in total. The maximum absolute atomic E-state index is 12.3. The molecule has 0 amide bonds. The summed E-state index contributed by atoms with van der Waals surface area (Å²) in [6.45, 7) is 0.502. The molecule has 1 heterocycles. The highest BCUT2D eigenvalue weighted by Gasteiger charge is 2.19. The number of nitrogens with one attached hydrogen (secondary N) is 1. The van der Waals surface area contributed by atoms with Crippen molar-refractivity contribution in [1.82, 2.24) is 5.32 Å². The molecule has 0 fully saturated rings. The Labute approximate surface area is 65.2 Å². The second kappa shape index (κ2) is 2.62. The van der Waals surface area contributed by atoms with Crippen molar-refractivity contribution in [3.8, 4) is 0 Å². The van der Waals surface area contributed by atoms with Gasteiger partial charge in [0.1, 0.15) is 6.67 Å². The van der Waals surface area contributed by atoms with E-state index in [1.54, 1.807) is 0 Å². The monoisotopic (exact) mass is 151 g/mol. The second-order valence-corrected chi connectivity index (χ2v) is 2.79. The first-order valence-electron chi connectivity index (χ1n) is 3.79. The summed E-state index contributed by atoms with van der Waals surface area (Å²) in [6.07, 6.45) is 0. The minimum Gasteiger partial charge on any atom is -0.304 e. The molecule has 2 rings (SSSR count). The summed E-state index contributed by atoms with van der Waals surface area (Å²) in [7, 11) is 0. The summed E-state index contributed by atoms with van der Waals surface area (Å²) in [5, 5.41) is 3.10. The molecule has 0 saturated carbocycles. The number of alkyl halides is 1. The predicted octanol–water partition coefficient (Wildman–Crippen LogP) is 1.80. The highest BCUT2D eigenvalue weighted by atomic mass is 19.1. The Morgan fingerprint density at radius 3 is 3.09 bits per heavy atom. The number of benzene rings is 1. The zero-order chi connectivity index (χ0) is 7.68. The van der Waals surface area contributed by atoms with Crippen LogP contribution in [0.1, 0.15) is 17.2 Å². The van der Waals surface area contributed by atoms with Gasteiger partial charge in [-0.3, -0.25) is 0 Å². The van der Waals surface area contributed by atoms with Crippen molar-refractivity contribution in [3.05, 3.63) is 35.4 Å². The van der Waals surface area contributed by atoms with Gasteiger partial charge in [0.15, 0.2) is 0 Å². The third-order valence-electron chi connectivity index (χ3n) is 2.12. The Morgan fingerprint density at radius 2 is 2.27 bits per heavy atom. The van der Waals surface area contributed by atoms with Crippen LogP contribution in [0.5, 0.6) is 0 Å². The summed E-state index contributed by atoms with van der Waals surface area (Å²) in [4.78, 5) is 0. The molecular formula is C9H10FN. The fraction of sp³-hybridized carbons (Fsp3) is 0.333. The SMILES string of the molecule is FCC1NCc2ccccc21. The van der Waals surface area contributed by atoms with Crippen molar-refractivity contribution in [3.63, 3.8) is 0 Å². The van der Waals surface area contributed by atoms with Crippen LogP contribution in [-0.2, 0) is 6.54 Å². The molecule has 2 heteroatoms. The lowest BCUT2D eigenvalue weighted by atomic mass is 10.1. The van der Waals surface area contributed by atoms with Crippen LogP contribution in [0.4, 0.5) is 4.39 Å². The Kier molecular flexibility index (Phi) is 1.62. The van der Waals surface area contributed by atoms with E-state index in [0.29, 0.717) is 0 Å². The van der Waals surface area contributed by atoms with E-state index in [4.69, 9.17) is 0 Å². The van der Waals surface area contributed by atoms with E-state index in [-0.39, 0.29) is 12.7 Å². The third kappa shape index (κ3) is 1.03. The first-order valence-corrected chi connectivity index (χ1v) is 3.79. The Bertz CT molecular complexity index is 259. The molecule has 0 aliphatic carbocycles. The molecular weight excluding hydrogens is 141 g/mol.